The number of carbonyl (C=O) groups excluding carboxylic acids is 1. The van der Waals surface area contributed by atoms with E-state index in [-0.39, 0.29) is 39.8 Å². The Hall–Kier alpha value is -2.40. The highest BCUT2D eigenvalue weighted by Gasteiger charge is 2.38. The Morgan fingerprint density at radius 3 is 2.82 bits per heavy atom. The van der Waals surface area contributed by atoms with Crippen molar-refractivity contribution in [1.82, 2.24) is 19.5 Å². The number of hydrogen-bond acceptors (Lipinski definition) is 6. The first-order chi connectivity index (χ1) is 15.8. The Morgan fingerprint density at radius 1 is 1.24 bits per heavy atom. The van der Waals surface area contributed by atoms with Gasteiger partial charge in [0.15, 0.2) is 22.8 Å². The molecular weight excluding hydrogens is 505 g/mol. The van der Waals surface area contributed by atoms with Crippen molar-refractivity contribution in [2.45, 2.75) is 44.3 Å². The Bertz CT molecular complexity index is 1160. The monoisotopic (exact) mass is 526 g/mol. The summed E-state index contributed by atoms with van der Waals surface area (Å²) in [5.41, 5.74) is -1.45. The molecule has 3 aromatic heterocycles. The lowest BCUT2D eigenvalue weighted by atomic mass is 9.84. The van der Waals surface area contributed by atoms with Gasteiger partial charge in [-0.05, 0) is 72.9 Å². The third-order valence-electron chi connectivity index (χ3n) is 6.45. The molecule has 11 heteroatoms. The number of hydrogen-bond donors (Lipinski definition) is 0. The fraction of sp³-hybridized carbons (Fsp3) is 0.500. The van der Waals surface area contributed by atoms with Crippen molar-refractivity contribution in [3.05, 3.63) is 40.3 Å². The smallest absolute Gasteiger partial charge is 0.433 e. The van der Waals surface area contributed by atoms with E-state index in [2.05, 4.69) is 30.9 Å². The van der Waals surface area contributed by atoms with Gasteiger partial charge in [-0.25, -0.2) is 14.3 Å². The number of alkyl halides is 3. The second-order valence-corrected chi connectivity index (χ2v) is 9.29. The summed E-state index contributed by atoms with van der Waals surface area (Å²) in [6, 6.07) is 4.30. The van der Waals surface area contributed by atoms with Gasteiger partial charge in [0, 0.05) is 12.0 Å². The largest absolute Gasteiger partial charge is 0.463 e. The maximum atomic E-state index is 13.8. The first kappa shape index (κ1) is 22.4. The van der Waals surface area contributed by atoms with Crippen LogP contribution in [0.25, 0.3) is 17.1 Å². The lowest BCUT2D eigenvalue weighted by Gasteiger charge is -2.44. The highest BCUT2D eigenvalue weighted by atomic mass is 79.9. The molecule has 5 heterocycles. The third kappa shape index (κ3) is 4.28. The van der Waals surface area contributed by atoms with Crippen LogP contribution >= 0.6 is 15.9 Å². The summed E-state index contributed by atoms with van der Waals surface area (Å²) < 4.78 is 52.8. The first-order valence-corrected chi connectivity index (χ1v) is 11.7. The van der Waals surface area contributed by atoms with Crippen LogP contribution in [0.4, 0.5) is 13.2 Å². The molecule has 2 aliphatic rings. The molecule has 0 N–H and O–H groups in total. The molecule has 7 nitrogen and oxygen atoms in total. The quantitative estimate of drug-likeness (QED) is 0.435. The normalized spacial score (nSPS) is 21.8. The lowest BCUT2D eigenvalue weighted by molar-refractivity contribution is -0.142. The molecule has 33 heavy (non-hydrogen) atoms. The predicted octanol–water partition coefficient (Wildman–Crippen LogP) is 5.19. The van der Waals surface area contributed by atoms with Gasteiger partial charge in [-0.2, -0.15) is 18.3 Å². The van der Waals surface area contributed by atoms with Crippen LogP contribution in [0.1, 0.15) is 48.3 Å². The molecule has 0 aromatic carbocycles. The summed E-state index contributed by atoms with van der Waals surface area (Å²) in [4.78, 5) is 19.5. The van der Waals surface area contributed by atoms with E-state index in [4.69, 9.17) is 9.15 Å². The Balaban J connectivity index is 1.43. The van der Waals surface area contributed by atoms with Crippen LogP contribution in [0.15, 0.2) is 33.4 Å². The van der Waals surface area contributed by atoms with Gasteiger partial charge >= 0.3 is 12.1 Å². The minimum atomic E-state index is -4.72. The maximum absolute atomic E-state index is 13.8. The average molecular weight is 527 g/mol. The summed E-state index contributed by atoms with van der Waals surface area (Å²) >= 11 is 3.22. The minimum absolute atomic E-state index is 0.0139. The maximum Gasteiger partial charge on any atom is 0.433 e. The van der Waals surface area contributed by atoms with Gasteiger partial charge in [-0.3, -0.25) is 4.90 Å². The summed E-state index contributed by atoms with van der Waals surface area (Å²) in [5.74, 6) is -0.379. The van der Waals surface area contributed by atoms with Crippen molar-refractivity contribution in [1.29, 1.82) is 0 Å². The van der Waals surface area contributed by atoms with Crippen molar-refractivity contribution in [2.75, 3.05) is 19.7 Å². The van der Waals surface area contributed by atoms with Crippen LogP contribution in [-0.4, -0.2) is 51.2 Å². The van der Waals surface area contributed by atoms with Crippen molar-refractivity contribution in [2.24, 2.45) is 5.92 Å². The number of halogens is 4. The van der Waals surface area contributed by atoms with Gasteiger partial charge in [0.25, 0.3) is 0 Å². The van der Waals surface area contributed by atoms with Gasteiger partial charge in [-0.15, -0.1) is 0 Å². The van der Waals surface area contributed by atoms with E-state index in [1.165, 1.54) is 18.8 Å². The Kier molecular flexibility index (Phi) is 5.94. The molecule has 0 spiro atoms. The third-order valence-corrected chi connectivity index (χ3v) is 7.18. The van der Waals surface area contributed by atoms with E-state index in [0.717, 1.165) is 44.8 Å². The van der Waals surface area contributed by atoms with Crippen molar-refractivity contribution in [3.8, 4) is 11.5 Å². The molecule has 0 radical (unpaired) electrons. The molecule has 5 rings (SSSR count). The van der Waals surface area contributed by atoms with E-state index in [0.29, 0.717) is 10.6 Å². The molecule has 0 amide bonds. The number of carbonyl (C=O) groups is 1. The lowest BCUT2D eigenvalue weighted by Crippen LogP contribution is -2.49. The van der Waals surface area contributed by atoms with Crippen molar-refractivity contribution >= 4 is 27.5 Å². The first-order valence-electron chi connectivity index (χ1n) is 10.9. The highest BCUT2D eigenvalue weighted by Crippen LogP contribution is 2.35. The number of ether oxygens (including phenoxy) is 1. The molecule has 2 saturated heterocycles. The van der Waals surface area contributed by atoms with Gasteiger partial charge in [0.1, 0.15) is 5.69 Å². The molecule has 2 atom stereocenters. The van der Waals surface area contributed by atoms with Gasteiger partial charge in [0.05, 0.1) is 17.3 Å². The number of nitrogens with zero attached hydrogens (tertiary/aromatic N) is 4. The van der Waals surface area contributed by atoms with Crippen LogP contribution in [-0.2, 0) is 10.9 Å². The van der Waals surface area contributed by atoms with Crippen LogP contribution in [0, 0.1) is 5.92 Å². The van der Waals surface area contributed by atoms with Gasteiger partial charge < -0.3 is 9.15 Å². The van der Waals surface area contributed by atoms with Crippen LogP contribution in [0.3, 0.4) is 0 Å². The second kappa shape index (κ2) is 8.75. The topological polar surface area (TPSA) is 72.9 Å². The standard InChI is InChI=1S/C22H22BrF3N4O3/c23-18-19(21(31)33-12-13-5-3-9-29-8-2-1-6-15(13)29)28-30-17(22(24,25)26)11-14(27-20(18)30)16-7-4-10-32-16/h4,7,10-11,13,15H,1-3,5-6,8-9,12H2. The second-order valence-electron chi connectivity index (χ2n) is 8.50. The molecule has 2 fully saturated rings. The predicted molar refractivity (Wildman–Crippen MR) is 116 cm³/mol. The van der Waals surface area contributed by atoms with E-state index in [1.54, 1.807) is 6.07 Å². The summed E-state index contributed by atoms with van der Waals surface area (Å²) in [6.45, 7) is 2.35. The van der Waals surface area contributed by atoms with Crippen molar-refractivity contribution < 1.29 is 27.1 Å². The minimum Gasteiger partial charge on any atom is -0.463 e. The molecule has 3 aromatic rings. The fourth-order valence-corrected chi connectivity index (χ4v) is 5.39. The highest BCUT2D eigenvalue weighted by molar-refractivity contribution is 9.10. The molecule has 0 bridgehead atoms. The van der Waals surface area contributed by atoms with Crippen LogP contribution in [0.5, 0.6) is 0 Å². The van der Waals surface area contributed by atoms with E-state index in [1.807, 2.05) is 0 Å². The fourth-order valence-electron chi connectivity index (χ4n) is 4.90. The zero-order chi connectivity index (χ0) is 23.2. The van der Waals surface area contributed by atoms with Crippen LogP contribution in [0.2, 0.25) is 0 Å². The molecular formula is C22H22BrF3N4O3. The summed E-state index contributed by atoms with van der Waals surface area (Å²) in [5, 5.41) is 3.92. The number of aromatic nitrogens is 3. The Labute approximate surface area is 196 Å². The molecule has 0 saturated carbocycles. The summed E-state index contributed by atoms with van der Waals surface area (Å²) in [6.07, 6.45) is 2.06. The average Bonchev–Trinajstić information content (AvgIpc) is 3.45. The SMILES string of the molecule is O=C(OCC1CCCN2CCCCC12)c1nn2c(C(F)(F)F)cc(-c3ccco3)nc2c1Br. The van der Waals surface area contributed by atoms with Crippen molar-refractivity contribution in [3.63, 3.8) is 0 Å². The number of fused-ring (bicyclic) bond motifs is 2. The molecule has 176 valence electrons. The number of rotatable bonds is 4. The molecule has 0 aliphatic carbocycles. The Morgan fingerprint density at radius 2 is 2.06 bits per heavy atom. The summed E-state index contributed by atoms with van der Waals surface area (Å²) in [7, 11) is 0. The number of piperidine rings is 2. The van der Waals surface area contributed by atoms with E-state index in [9.17, 15) is 18.0 Å². The molecule has 2 aliphatic heterocycles. The number of esters is 1. The van der Waals surface area contributed by atoms with E-state index >= 15 is 0 Å². The zero-order valence-corrected chi connectivity index (χ0v) is 19.2. The van der Waals surface area contributed by atoms with Crippen LogP contribution < -0.4 is 0 Å². The van der Waals surface area contributed by atoms with E-state index < -0.39 is 17.8 Å². The number of furan rings is 1. The van der Waals surface area contributed by atoms with Gasteiger partial charge in [0.2, 0.25) is 0 Å². The van der Waals surface area contributed by atoms with Gasteiger partial charge in [-0.1, -0.05) is 6.42 Å². The zero-order valence-electron chi connectivity index (χ0n) is 17.6. The molecule has 2 unspecified atom stereocenters.